The predicted molar refractivity (Wildman–Crippen MR) is 76.1 cm³/mol. The Labute approximate surface area is 116 Å². The van der Waals surface area contributed by atoms with E-state index in [1.165, 1.54) is 51.6 Å². The molecule has 3 fully saturated rings. The van der Waals surface area contributed by atoms with E-state index in [0.717, 1.165) is 26.1 Å². The Kier molecular flexibility index (Phi) is 4.38. The van der Waals surface area contributed by atoms with Crippen LogP contribution in [0.4, 0.5) is 0 Å². The molecule has 3 aliphatic heterocycles. The summed E-state index contributed by atoms with van der Waals surface area (Å²) >= 11 is 0. The van der Waals surface area contributed by atoms with Gasteiger partial charge >= 0.3 is 0 Å². The smallest absolute Gasteiger partial charge is 0.224 e. The third kappa shape index (κ3) is 3.11. The zero-order valence-electron chi connectivity index (χ0n) is 11.9. The van der Waals surface area contributed by atoms with Crippen LogP contribution in [0.25, 0.3) is 0 Å². The van der Waals surface area contributed by atoms with Gasteiger partial charge in [0.2, 0.25) is 5.91 Å². The van der Waals surface area contributed by atoms with Crippen molar-refractivity contribution in [2.45, 2.75) is 57.0 Å². The third-order valence-corrected chi connectivity index (χ3v) is 5.02. The summed E-state index contributed by atoms with van der Waals surface area (Å²) < 4.78 is 0. The van der Waals surface area contributed by atoms with Gasteiger partial charge in [-0.25, -0.2) is 0 Å². The van der Waals surface area contributed by atoms with E-state index in [4.69, 9.17) is 0 Å². The lowest BCUT2D eigenvalue weighted by molar-refractivity contribution is -0.132. The summed E-state index contributed by atoms with van der Waals surface area (Å²) in [5.41, 5.74) is 0. The molecule has 0 aromatic heterocycles. The second-order valence-electron chi connectivity index (χ2n) is 6.30. The number of amides is 1. The fourth-order valence-electron chi connectivity index (χ4n) is 3.96. The Morgan fingerprint density at radius 1 is 1.05 bits per heavy atom. The summed E-state index contributed by atoms with van der Waals surface area (Å²) in [7, 11) is 0. The van der Waals surface area contributed by atoms with Gasteiger partial charge < -0.3 is 15.1 Å². The topological polar surface area (TPSA) is 35.6 Å². The Balaban J connectivity index is 1.49. The number of rotatable bonds is 4. The molecule has 3 saturated heterocycles. The van der Waals surface area contributed by atoms with Crippen LogP contribution in [-0.4, -0.2) is 60.5 Å². The van der Waals surface area contributed by atoms with Crippen LogP contribution >= 0.6 is 0 Å². The Bertz CT molecular complexity index is 309. The normalized spacial score (nSPS) is 32.3. The largest absolute Gasteiger partial charge is 0.338 e. The molecule has 0 bridgehead atoms. The fraction of sp³-hybridized carbons (Fsp3) is 0.933. The van der Waals surface area contributed by atoms with Crippen LogP contribution in [0.3, 0.4) is 0 Å². The first kappa shape index (κ1) is 13.4. The highest BCUT2D eigenvalue weighted by Crippen LogP contribution is 2.25. The third-order valence-electron chi connectivity index (χ3n) is 5.02. The molecule has 108 valence electrons. The standard InChI is InChI=1S/C15H27N3O/c19-15(7-12-17-9-1-2-10-17)18-11-4-6-14(18)13-5-3-8-16-13/h13-14,16H,1-12H2. The molecule has 19 heavy (non-hydrogen) atoms. The van der Waals surface area contributed by atoms with Gasteiger partial charge in [0.1, 0.15) is 0 Å². The van der Waals surface area contributed by atoms with E-state index in [2.05, 4.69) is 15.1 Å². The van der Waals surface area contributed by atoms with Crippen LogP contribution in [0.15, 0.2) is 0 Å². The summed E-state index contributed by atoms with van der Waals surface area (Å²) in [4.78, 5) is 17.1. The van der Waals surface area contributed by atoms with Gasteiger partial charge in [0.15, 0.2) is 0 Å². The summed E-state index contributed by atoms with van der Waals surface area (Å²) in [6.07, 6.45) is 8.27. The molecule has 0 radical (unpaired) electrons. The minimum absolute atomic E-state index is 0.392. The van der Waals surface area contributed by atoms with Gasteiger partial charge in [-0.05, 0) is 58.2 Å². The van der Waals surface area contributed by atoms with Crippen LogP contribution < -0.4 is 5.32 Å². The van der Waals surface area contributed by atoms with E-state index in [-0.39, 0.29) is 0 Å². The summed E-state index contributed by atoms with van der Waals surface area (Å²) in [6, 6.07) is 1.05. The van der Waals surface area contributed by atoms with Gasteiger partial charge in [-0.2, -0.15) is 0 Å². The van der Waals surface area contributed by atoms with Gasteiger partial charge in [0.05, 0.1) is 0 Å². The van der Waals surface area contributed by atoms with Crippen LogP contribution in [-0.2, 0) is 4.79 Å². The number of nitrogens with one attached hydrogen (secondary N) is 1. The predicted octanol–water partition coefficient (Wildman–Crippen LogP) is 1.22. The first-order chi connectivity index (χ1) is 9.34. The highest BCUT2D eigenvalue weighted by Gasteiger charge is 2.35. The average Bonchev–Trinajstić information content (AvgIpc) is 3.14. The number of carbonyl (C=O) groups excluding carboxylic acids is 1. The van der Waals surface area contributed by atoms with Gasteiger partial charge in [-0.15, -0.1) is 0 Å². The van der Waals surface area contributed by atoms with Crippen molar-refractivity contribution in [3.8, 4) is 0 Å². The second-order valence-corrected chi connectivity index (χ2v) is 6.30. The minimum atomic E-state index is 0.392. The van der Waals surface area contributed by atoms with Gasteiger partial charge in [-0.3, -0.25) is 4.79 Å². The first-order valence-corrected chi connectivity index (χ1v) is 8.10. The van der Waals surface area contributed by atoms with Crippen molar-refractivity contribution in [1.29, 1.82) is 0 Å². The average molecular weight is 265 g/mol. The van der Waals surface area contributed by atoms with E-state index >= 15 is 0 Å². The molecule has 1 N–H and O–H groups in total. The monoisotopic (exact) mass is 265 g/mol. The van der Waals surface area contributed by atoms with Gasteiger partial charge in [0.25, 0.3) is 0 Å². The molecular formula is C15H27N3O. The fourth-order valence-corrected chi connectivity index (χ4v) is 3.96. The van der Waals surface area contributed by atoms with E-state index in [0.29, 0.717) is 18.0 Å². The number of carbonyl (C=O) groups is 1. The molecular weight excluding hydrogens is 238 g/mol. The molecule has 3 aliphatic rings. The van der Waals surface area contributed by atoms with E-state index in [9.17, 15) is 4.79 Å². The molecule has 1 amide bonds. The molecule has 0 spiro atoms. The van der Waals surface area contributed by atoms with Crippen molar-refractivity contribution in [3.05, 3.63) is 0 Å². The van der Waals surface area contributed by atoms with Crippen LogP contribution in [0, 0.1) is 0 Å². The molecule has 0 aliphatic carbocycles. The Morgan fingerprint density at radius 2 is 1.89 bits per heavy atom. The lowest BCUT2D eigenvalue weighted by atomic mass is 10.0. The highest BCUT2D eigenvalue weighted by molar-refractivity contribution is 5.77. The lowest BCUT2D eigenvalue weighted by Gasteiger charge is -2.30. The number of hydrogen-bond donors (Lipinski definition) is 1. The molecule has 0 aromatic carbocycles. The first-order valence-electron chi connectivity index (χ1n) is 8.10. The molecule has 0 aromatic rings. The number of likely N-dealkylation sites (tertiary alicyclic amines) is 2. The SMILES string of the molecule is O=C(CCN1CCCC1)N1CCCC1C1CCCN1. The molecule has 2 atom stereocenters. The van der Waals surface area contributed by atoms with Crippen LogP contribution in [0.5, 0.6) is 0 Å². The van der Waals surface area contributed by atoms with Crippen molar-refractivity contribution < 1.29 is 4.79 Å². The van der Waals surface area contributed by atoms with E-state index in [1.807, 2.05) is 0 Å². The van der Waals surface area contributed by atoms with E-state index < -0.39 is 0 Å². The minimum Gasteiger partial charge on any atom is -0.338 e. The molecule has 4 heteroatoms. The van der Waals surface area contributed by atoms with Crippen molar-refractivity contribution >= 4 is 5.91 Å². The molecule has 3 heterocycles. The van der Waals surface area contributed by atoms with Gasteiger partial charge in [0, 0.05) is 31.6 Å². The Morgan fingerprint density at radius 3 is 2.63 bits per heavy atom. The zero-order chi connectivity index (χ0) is 13.1. The maximum atomic E-state index is 12.4. The van der Waals surface area contributed by atoms with Crippen molar-refractivity contribution in [1.82, 2.24) is 15.1 Å². The molecule has 0 saturated carbocycles. The van der Waals surface area contributed by atoms with Crippen LogP contribution in [0.2, 0.25) is 0 Å². The van der Waals surface area contributed by atoms with Crippen molar-refractivity contribution in [3.63, 3.8) is 0 Å². The highest BCUT2D eigenvalue weighted by atomic mass is 16.2. The van der Waals surface area contributed by atoms with Crippen LogP contribution in [0.1, 0.15) is 44.9 Å². The number of nitrogens with zero attached hydrogens (tertiary/aromatic N) is 2. The molecule has 2 unspecified atom stereocenters. The summed E-state index contributed by atoms with van der Waals surface area (Å²) in [5, 5.41) is 3.58. The van der Waals surface area contributed by atoms with Gasteiger partial charge in [-0.1, -0.05) is 0 Å². The lowest BCUT2D eigenvalue weighted by Crippen LogP contribution is -2.47. The summed E-state index contributed by atoms with van der Waals surface area (Å²) in [6.45, 7) is 5.49. The zero-order valence-corrected chi connectivity index (χ0v) is 11.9. The molecule has 3 rings (SSSR count). The maximum Gasteiger partial charge on any atom is 0.224 e. The summed E-state index contributed by atoms with van der Waals surface area (Å²) in [5.74, 6) is 0.392. The molecule has 4 nitrogen and oxygen atoms in total. The van der Waals surface area contributed by atoms with Crippen molar-refractivity contribution in [2.24, 2.45) is 0 Å². The number of hydrogen-bond acceptors (Lipinski definition) is 3. The van der Waals surface area contributed by atoms with E-state index in [1.54, 1.807) is 0 Å². The maximum absolute atomic E-state index is 12.4. The van der Waals surface area contributed by atoms with Crippen molar-refractivity contribution in [2.75, 3.05) is 32.7 Å². The quantitative estimate of drug-likeness (QED) is 0.830. The second kappa shape index (κ2) is 6.23. The Hall–Kier alpha value is -0.610.